The van der Waals surface area contributed by atoms with Crippen LogP contribution in [0.3, 0.4) is 0 Å². The van der Waals surface area contributed by atoms with Crippen LogP contribution in [0, 0.1) is 5.41 Å². The van der Waals surface area contributed by atoms with Crippen LogP contribution in [0.1, 0.15) is 19.3 Å². The van der Waals surface area contributed by atoms with Crippen molar-refractivity contribution < 1.29 is 24.2 Å². The highest BCUT2D eigenvalue weighted by atomic mass is 16.5. The Morgan fingerprint density at radius 1 is 1.37 bits per heavy atom. The summed E-state index contributed by atoms with van der Waals surface area (Å²) in [4.78, 5) is 35.6. The molecule has 0 unspecified atom stereocenters. The summed E-state index contributed by atoms with van der Waals surface area (Å²) in [7, 11) is 3.02. The Morgan fingerprint density at radius 3 is 2.47 bits per heavy atom. The highest BCUT2D eigenvalue weighted by Crippen LogP contribution is 2.47. The molecular weight excluding hydrogens is 252 g/mol. The van der Waals surface area contributed by atoms with Crippen molar-refractivity contribution in [3.63, 3.8) is 0 Å². The van der Waals surface area contributed by atoms with Crippen molar-refractivity contribution >= 4 is 17.8 Å². The van der Waals surface area contributed by atoms with E-state index in [1.807, 2.05) is 0 Å². The van der Waals surface area contributed by atoms with Crippen LogP contribution in [-0.2, 0) is 19.1 Å². The van der Waals surface area contributed by atoms with Gasteiger partial charge in [-0.15, -0.1) is 0 Å². The average molecular weight is 272 g/mol. The quantitative estimate of drug-likeness (QED) is 0.457. The van der Waals surface area contributed by atoms with Gasteiger partial charge in [0.25, 0.3) is 0 Å². The van der Waals surface area contributed by atoms with E-state index in [0.29, 0.717) is 32.4 Å². The van der Waals surface area contributed by atoms with E-state index in [1.54, 1.807) is 7.11 Å². The third-order valence-electron chi connectivity index (χ3n) is 3.14. The summed E-state index contributed by atoms with van der Waals surface area (Å²) in [6.45, 7) is 0.900. The second-order valence-corrected chi connectivity index (χ2v) is 4.74. The molecule has 7 nitrogen and oxygen atoms in total. The maximum atomic E-state index is 11.9. The molecule has 0 aromatic rings. The Bertz CT molecular complexity index is 365. The predicted molar refractivity (Wildman–Crippen MR) is 66.4 cm³/mol. The third kappa shape index (κ3) is 3.92. The molecular formula is C12H20N2O5. The minimum absolute atomic E-state index is 0.124. The van der Waals surface area contributed by atoms with Crippen LogP contribution >= 0.6 is 0 Å². The molecule has 1 rings (SSSR count). The summed E-state index contributed by atoms with van der Waals surface area (Å²) in [5.41, 5.74) is -1.29. The molecule has 7 heteroatoms. The molecule has 0 aliphatic heterocycles. The van der Waals surface area contributed by atoms with Gasteiger partial charge in [0.1, 0.15) is 5.41 Å². The Morgan fingerprint density at radius 2 is 2.00 bits per heavy atom. The second-order valence-electron chi connectivity index (χ2n) is 4.74. The van der Waals surface area contributed by atoms with Gasteiger partial charge in [0.15, 0.2) is 0 Å². The first kappa shape index (κ1) is 15.4. The van der Waals surface area contributed by atoms with Gasteiger partial charge in [0.2, 0.25) is 11.8 Å². The summed E-state index contributed by atoms with van der Waals surface area (Å²) in [5.74, 6) is -1.90. The van der Waals surface area contributed by atoms with E-state index in [9.17, 15) is 14.4 Å². The molecule has 2 N–H and O–H groups in total. The first-order valence-electron chi connectivity index (χ1n) is 6.18. The minimum Gasteiger partial charge on any atom is -0.480 e. The van der Waals surface area contributed by atoms with Crippen molar-refractivity contribution in [1.82, 2.24) is 10.2 Å². The summed E-state index contributed by atoms with van der Waals surface area (Å²) < 4.78 is 4.84. The van der Waals surface area contributed by atoms with Crippen LogP contribution in [0.2, 0.25) is 0 Å². The lowest BCUT2D eigenvalue weighted by atomic mass is 10.1. The molecule has 0 heterocycles. The van der Waals surface area contributed by atoms with Crippen LogP contribution < -0.4 is 5.32 Å². The first-order valence-corrected chi connectivity index (χ1v) is 6.18. The number of nitrogens with zero attached hydrogens (tertiary/aromatic N) is 1. The number of rotatable bonds is 8. The fraction of sp³-hybridized carbons (Fsp3) is 0.750. The molecule has 1 fully saturated rings. The summed E-state index contributed by atoms with van der Waals surface area (Å²) >= 11 is 0. The van der Waals surface area contributed by atoms with E-state index >= 15 is 0 Å². The Labute approximate surface area is 111 Å². The Hall–Kier alpha value is -1.63. The number of hydrogen-bond acceptors (Lipinski definition) is 4. The number of nitrogens with one attached hydrogen (secondary N) is 1. The molecule has 0 bridgehead atoms. The SMILES string of the molecule is COCCCNC(=O)CN(C)C(=O)C1(C(=O)O)CC1. The summed E-state index contributed by atoms with van der Waals surface area (Å²) in [6.07, 6.45) is 1.39. The largest absolute Gasteiger partial charge is 0.480 e. The minimum atomic E-state index is -1.29. The van der Waals surface area contributed by atoms with E-state index in [4.69, 9.17) is 9.84 Å². The molecule has 0 saturated heterocycles. The van der Waals surface area contributed by atoms with Gasteiger partial charge in [-0.3, -0.25) is 14.4 Å². The van der Waals surface area contributed by atoms with Crippen molar-refractivity contribution in [2.75, 3.05) is 33.9 Å². The fourth-order valence-corrected chi connectivity index (χ4v) is 1.80. The fourth-order valence-electron chi connectivity index (χ4n) is 1.80. The predicted octanol–water partition coefficient (Wildman–Crippen LogP) is -0.538. The Balaban J connectivity index is 2.34. The van der Waals surface area contributed by atoms with Crippen molar-refractivity contribution in [1.29, 1.82) is 0 Å². The van der Waals surface area contributed by atoms with Crippen LogP contribution in [0.25, 0.3) is 0 Å². The van der Waals surface area contributed by atoms with Gasteiger partial charge in [-0.05, 0) is 19.3 Å². The topological polar surface area (TPSA) is 95.9 Å². The number of carboxylic acid groups (broad SMARTS) is 1. The molecule has 2 amide bonds. The van der Waals surface area contributed by atoms with Gasteiger partial charge < -0.3 is 20.1 Å². The highest BCUT2D eigenvalue weighted by molar-refractivity contribution is 6.05. The van der Waals surface area contributed by atoms with Gasteiger partial charge in [0.05, 0.1) is 6.54 Å². The summed E-state index contributed by atoms with van der Waals surface area (Å²) in [5, 5.41) is 11.6. The second kappa shape index (κ2) is 6.51. The lowest BCUT2D eigenvalue weighted by Crippen LogP contribution is -2.44. The normalized spacial score (nSPS) is 15.7. The van der Waals surface area contributed by atoms with Crippen molar-refractivity contribution in [2.45, 2.75) is 19.3 Å². The molecule has 0 aromatic heterocycles. The van der Waals surface area contributed by atoms with Crippen molar-refractivity contribution in [2.24, 2.45) is 5.41 Å². The molecule has 0 atom stereocenters. The number of methoxy groups -OCH3 is 1. The number of ether oxygens (including phenoxy) is 1. The highest BCUT2D eigenvalue weighted by Gasteiger charge is 2.58. The van der Waals surface area contributed by atoms with Gasteiger partial charge >= 0.3 is 5.97 Å². The van der Waals surface area contributed by atoms with E-state index in [-0.39, 0.29) is 12.5 Å². The smallest absolute Gasteiger partial charge is 0.319 e. The number of likely N-dealkylation sites (N-methyl/N-ethyl adjacent to an activating group) is 1. The van der Waals surface area contributed by atoms with Gasteiger partial charge in [0, 0.05) is 27.3 Å². The molecule has 0 aromatic carbocycles. The standard InChI is InChI=1S/C12H20N2O5/c1-14(8-9(15)13-6-3-7-19-2)10(16)12(4-5-12)11(17)18/h3-8H2,1-2H3,(H,13,15)(H,17,18). The molecule has 1 saturated carbocycles. The zero-order chi connectivity index (χ0) is 14.5. The first-order chi connectivity index (χ1) is 8.94. The zero-order valence-electron chi connectivity index (χ0n) is 11.3. The average Bonchev–Trinajstić information content (AvgIpc) is 3.15. The van der Waals surface area contributed by atoms with Crippen molar-refractivity contribution in [3.8, 4) is 0 Å². The lowest BCUT2D eigenvalue weighted by Gasteiger charge is -2.20. The molecule has 108 valence electrons. The maximum absolute atomic E-state index is 11.9. The zero-order valence-corrected chi connectivity index (χ0v) is 11.3. The number of amides is 2. The molecule has 0 radical (unpaired) electrons. The van der Waals surface area contributed by atoms with E-state index in [1.165, 1.54) is 11.9 Å². The number of carbonyl (C=O) groups is 3. The van der Waals surface area contributed by atoms with Crippen LogP contribution in [-0.4, -0.2) is 61.6 Å². The van der Waals surface area contributed by atoms with Gasteiger partial charge in [-0.25, -0.2) is 0 Å². The van der Waals surface area contributed by atoms with Gasteiger partial charge in [-0.2, -0.15) is 0 Å². The van der Waals surface area contributed by atoms with Crippen LogP contribution in [0.5, 0.6) is 0 Å². The number of hydrogen-bond donors (Lipinski definition) is 2. The van der Waals surface area contributed by atoms with Crippen LogP contribution in [0.4, 0.5) is 0 Å². The maximum Gasteiger partial charge on any atom is 0.319 e. The monoisotopic (exact) mass is 272 g/mol. The van der Waals surface area contributed by atoms with Gasteiger partial charge in [-0.1, -0.05) is 0 Å². The third-order valence-corrected chi connectivity index (χ3v) is 3.14. The van der Waals surface area contributed by atoms with E-state index < -0.39 is 17.3 Å². The molecule has 1 aliphatic carbocycles. The Kier molecular flexibility index (Phi) is 5.29. The molecule has 0 spiro atoms. The molecule has 1 aliphatic rings. The lowest BCUT2D eigenvalue weighted by molar-refractivity contribution is -0.153. The van der Waals surface area contributed by atoms with Crippen molar-refractivity contribution in [3.05, 3.63) is 0 Å². The van der Waals surface area contributed by atoms with E-state index in [0.717, 1.165) is 0 Å². The van der Waals surface area contributed by atoms with Crippen LogP contribution in [0.15, 0.2) is 0 Å². The number of carboxylic acids is 1. The number of carbonyl (C=O) groups excluding carboxylic acids is 2. The summed E-state index contributed by atoms with van der Waals surface area (Å²) in [6, 6.07) is 0. The molecule has 19 heavy (non-hydrogen) atoms. The number of aliphatic carboxylic acids is 1. The van der Waals surface area contributed by atoms with E-state index in [2.05, 4.69) is 5.32 Å².